The van der Waals surface area contributed by atoms with Gasteiger partial charge in [-0.2, -0.15) is 5.10 Å². The van der Waals surface area contributed by atoms with Gasteiger partial charge in [0, 0.05) is 35.4 Å². The lowest BCUT2D eigenvalue weighted by Crippen LogP contribution is -2.05. The van der Waals surface area contributed by atoms with Gasteiger partial charge >= 0.3 is 0 Å². The van der Waals surface area contributed by atoms with Crippen LogP contribution < -0.4 is 0 Å². The number of nitrogens with one attached hydrogen (secondary N) is 1. The van der Waals surface area contributed by atoms with Crippen molar-refractivity contribution in [1.82, 2.24) is 10.2 Å². The summed E-state index contributed by atoms with van der Waals surface area (Å²) in [6.45, 7) is 0. The Morgan fingerprint density at radius 2 is 1.56 bits per heavy atom. The zero-order valence-corrected chi connectivity index (χ0v) is 15.8. The molecule has 0 unspecified atom stereocenters. The number of hydrogen-bond acceptors (Lipinski definition) is 3. The predicted molar refractivity (Wildman–Crippen MR) is 101 cm³/mol. The Kier molecular flexibility index (Phi) is 5.67. The van der Waals surface area contributed by atoms with Crippen LogP contribution in [-0.2, 0) is 9.47 Å². The molecule has 0 amide bonds. The van der Waals surface area contributed by atoms with Crippen LogP contribution in [-0.4, -0.2) is 24.4 Å². The number of hydrogen-bond donors (Lipinski definition) is 1. The van der Waals surface area contributed by atoms with Crippen LogP contribution in [0.15, 0.2) is 42.5 Å². The predicted octanol–water partition coefficient (Wildman–Crippen LogP) is 6.00. The van der Waals surface area contributed by atoms with E-state index in [0.717, 1.165) is 16.7 Å². The van der Waals surface area contributed by atoms with E-state index in [1.54, 1.807) is 26.4 Å². The average molecular weight is 398 g/mol. The van der Waals surface area contributed by atoms with Gasteiger partial charge in [0.25, 0.3) is 0 Å². The number of halogens is 3. The molecule has 0 fully saturated rings. The molecule has 7 heteroatoms. The number of rotatable bonds is 5. The van der Waals surface area contributed by atoms with Crippen molar-refractivity contribution in [2.24, 2.45) is 0 Å². The lowest BCUT2D eigenvalue weighted by molar-refractivity contribution is -0.108. The Morgan fingerprint density at radius 1 is 0.920 bits per heavy atom. The van der Waals surface area contributed by atoms with Crippen molar-refractivity contribution >= 4 is 34.8 Å². The van der Waals surface area contributed by atoms with Crippen LogP contribution in [0.5, 0.6) is 0 Å². The van der Waals surface area contributed by atoms with Crippen molar-refractivity contribution in [3.05, 3.63) is 63.2 Å². The van der Waals surface area contributed by atoms with E-state index in [-0.39, 0.29) is 0 Å². The standard InChI is InChI=1S/C18H15Cl3N2O2/c1-24-18(25-2)17-15(10-3-5-11(19)6-4-10)16(22-23-17)13-8-7-12(20)9-14(13)21/h3-9,18H,1-2H3,(H,22,23). The van der Waals surface area contributed by atoms with Gasteiger partial charge < -0.3 is 9.47 Å². The van der Waals surface area contributed by atoms with Gasteiger partial charge in [-0.25, -0.2) is 0 Å². The fraction of sp³-hybridized carbons (Fsp3) is 0.167. The molecular weight excluding hydrogens is 383 g/mol. The number of H-pyrrole nitrogens is 1. The molecule has 0 aliphatic heterocycles. The van der Waals surface area contributed by atoms with E-state index in [9.17, 15) is 0 Å². The molecule has 1 aromatic heterocycles. The molecule has 3 rings (SSSR count). The maximum Gasteiger partial charge on any atom is 0.200 e. The molecule has 0 atom stereocenters. The van der Waals surface area contributed by atoms with Crippen molar-refractivity contribution in [3.63, 3.8) is 0 Å². The second kappa shape index (κ2) is 7.77. The third kappa shape index (κ3) is 3.68. The topological polar surface area (TPSA) is 47.1 Å². The Hall–Kier alpha value is -1.56. The van der Waals surface area contributed by atoms with Crippen LogP contribution in [0, 0.1) is 0 Å². The monoisotopic (exact) mass is 396 g/mol. The normalized spacial score (nSPS) is 11.3. The van der Waals surface area contributed by atoms with Crippen molar-refractivity contribution in [2.45, 2.75) is 6.29 Å². The summed E-state index contributed by atoms with van der Waals surface area (Å²) in [5.74, 6) is 0. The molecule has 0 saturated carbocycles. The third-order valence-electron chi connectivity index (χ3n) is 3.78. The zero-order chi connectivity index (χ0) is 18.0. The lowest BCUT2D eigenvalue weighted by atomic mass is 9.98. The first-order chi connectivity index (χ1) is 12.0. The zero-order valence-electron chi connectivity index (χ0n) is 13.5. The minimum absolute atomic E-state index is 0.507. The summed E-state index contributed by atoms with van der Waals surface area (Å²) in [4.78, 5) is 0. The van der Waals surface area contributed by atoms with E-state index < -0.39 is 6.29 Å². The van der Waals surface area contributed by atoms with Gasteiger partial charge in [-0.05, 0) is 35.9 Å². The molecule has 0 radical (unpaired) electrons. The summed E-state index contributed by atoms with van der Waals surface area (Å²) in [5, 5.41) is 9.17. The summed E-state index contributed by atoms with van der Waals surface area (Å²) in [6.07, 6.45) is -0.599. The maximum absolute atomic E-state index is 6.38. The van der Waals surface area contributed by atoms with Crippen LogP contribution in [0.1, 0.15) is 12.0 Å². The van der Waals surface area contributed by atoms with Crippen LogP contribution in [0.2, 0.25) is 15.1 Å². The molecule has 3 aromatic rings. The largest absolute Gasteiger partial charge is 0.350 e. The Balaban J connectivity index is 2.23. The molecule has 0 bridgehead atoms. The number of nitrogens with zero attached hydrogens (tertiary/aromatic N) is 1. The third-order valence-corrected chi connectivity index (χ3v) is 4.58. The van der Waals surface area contributed by atoms with Gasteiger partial charge in [0.05, 0.1) is 10.7 Å². The second-order valence-corrected chi connectivity index (χ2v) is 6.58. The molecule has 25 heavy (non-hydrogen) atoms. The van der Waals surface area contributed by atoms with E-state index in [4.69, 9.17) is 44.3 Å². The first-order valence-corrected chi connectivity index (χ1v) is 8.53. The average Bonchev–Trinajstić information content (AvgIpc) is 3.01. The highest BCUT2D eigenvalue weighted by Gasteiger charge is 2.24. The molecule has 0 aliphatic carbocycles. The number of benzene rings is 2. The summed E-state index contributed by atoms with van der Waals surface area (Å²) in [7, 11) is 3.13. The maximum atomic E-state index is 6.38. The molecule has 0 saturated heterocycles. The highest BCUT2D eigenvalue weighted by Crippen LogP contribution is 2.40. The molecule has 1 N–H and O–H groups in total. The van der Waals surface area contributed by atoms with Gasteiger partial charge in [-0.3, -0.25) is 5.10 Å². The summed E-state index contributed by atoms with van der Waals surface area (Å²) in [5.41, 5.74) is 3.86. The molecule has 1 heterocycles. The van der Waals surface area contributed by atoms with Crippen molar-refractivity contribution < 1.29 is 9.47 Å². The Morgan fingerprint density at radius 3 is 2.16 bits per heavy atom. The SMILES string of the molecule is COC(OC)c1[nH]nc(-c2ccc(Cl)cc2Cl)c1-c1ccc(Cl)cc1. The van der Waals surface area contributed by atoms with E-state index in [1.807, 2.05) is 30.3 Å². The number of aromatic nitrogens is 2. The van der Waals surface area contributed by atoms with Crippen LogP contribution in [0.25, 0.3) is 22.4 Å². The lowest BCUT2D eigenvalue weighted by Gasteiger charge is -2.14. The van der Waals surface area contributed by atoms with Gasteiger partial charge in [0.1, 0.15) is 5.69 Å². The number of methoxy groups -OCH3 is 2. The molecular formula is C18H15Cl3N2O2. The van der Waals surface area contributed by atoms with Gasteiger partial charge in [-0.1, -0.05) is 46.9 Å². The van der Waals surface area contributed by atoms with E-state index in [0.29, 0.717) is 26.5 Å². The molecule has 2 aromatic carbocycles. The van der Waals surface area contributed by atoms with Gasteiger partial charge in [0.15, 0.2) is 0 Å². The smallest absolute Gasteiger partial charge is 0.200 e. The number of ether oxygens (including phenoxy) is 2. The van der Waals surface area contributed by atoms with Crippen LogP contribution >= 0.6 is 34.8 Å². The number of aromatic amines is 1. The van der Waals surface area contributed by atoms with Crippen LogP contribution in [0.3, 0.4) is 0 Å². The van der Waals surface area contributed by atoms with Gasteiger partial charge in [0.2, 0.25) is 6.29 Å². The first-order valence-electron chi connectivity index (χ1n) is 7.40. The van der Waals surface area contributed by atoms with Crippen molar-refractivity contribution in [1.29, 1.82) is 0 Å². The summed E-state index contributed by atoms with van der Waals surface area (Å²) in [6, 6.07) is 12.7. The molecule has 0 aliphatic rings. The first kappa shape index (κ1) is 18.2. The Labute approximate surface area is 160 Å². The minimum Gasteiger partial charge on any atom is -0.350 e. The van der Waals surface area contributed by atoms with E-state index in [1.165, 1.54) is 0 Å². The van der Waals surface area contributed by atoms with Crippen LogP contribution in [0.4, 0.5) is 0 Å². The molecule has 4 nitrogen and oxygen atoms in total. The quantitative estimate of drug-likeness (QED) is 0.537. The molecule has 0 spiro atoms. The highest BCUT2D eigenvalue weighted by molar-refractivity contribution is 6.36. The molecule has 130 valence electrons. The Bertz CT molecular complexity index is 875. The minimum atomic E-state index is -0.599. The summed E-state index contributed by atoms with van der Waals surface area (Å²) >= 11 is 18.4. The van der Waals surface area contributed by atoms with E-state index >= 15 is 0 Å². The highest BCUT2D eigenvalue weighted by atomic mass is 35.5. The fourth-order valence-electron chi connectivity index (χ4n) is 2.64. The van der Waals surface area contributed by atoms with Gasteiger partial charge in [-0.15, -0.1) is 0 Å². The van der Waals surface area contributed by atoms with Crippen molar-refractivity contribution in [2.75, 3.05) is 14.2 Å². The fourth-order valence-corrected chi connectivity index (χ4v) is 3.27. The van der Waals surface area contributed by atoms with E-state index in [2.05, 4.69) is 10.2 Å². The summed E-state index contributed by atoms with van der Waals surface area (Å²) < 4.78 is 10.8. The van der Waals surface area contributed by atoms with Crippen molar-refractivity contribution in [3.8, 4) is 22.4 Å². The second-order valence-electron chi connectivity index (χ2n) is 5.30.